The normalized spacial score (nSPS) is 16.1. The van der Waals surface area contributed by atoms with Gasteiger partial charge < -0.3 is 14.2 Å². The Labute approximate surface area is 302 Å². The SMILES string of the molecule is COc1ccc(CC23c4ccccc4C(c4ccccc42)c2c(OC(=O)c4ccc([N+](=O)[O-])cc4)ccc(OC(=O)c4ccc([N+](=O)[O-])cc4)c23)cc1. The van der Waals surface area contributed by atoms with E-state index in [1.54, 1.807) is 19.2 Å². The summed E-state index contributed by atoms with van der Waals surface area (Å²) < 4.78 is 17.8. The molecule has 0 heterocycles. The van der Waals surface area contributed by atoms with E-state index in [1.165, 1.54) is 48.5 Å². The monoisotopic (exact) mass is 704 g/mol. The molecular formula is C42H28N2O9. The Morgan fingerprint density at radius 3 is 1.58 bits per heavy atom. The van der Waals surface area contributed by atoms with Crippen LogP contribution in [0.4, 0.5) is 11.4 Å². The summed E-state index contributed by atoms with van der Waals surface area (Å²) >= 11 is 0. The van der Waals surface area contributed by atoms with Gasteiger partial charge in [-0.1, -0.05) is 60.7 Å². The molecule has 0 N–H and O–H groups in total. The van der Waals surface area contributed by atoms with Gasteiger partial charge in [-0.2, -0.15) is 0 Å². The van der Waals surface area contributed by atoms with E-state index >= 15 is 0 Å². The summed E-state index contributed by atoms with van der Waals surface area (Å²) in [5.41, 5.74) is 5.19. The lowest BCUT2D eigenvalue weighted by atomic mass is 9.51. The van der Waals surface area contributed by atoms with Gasteiger partial charge in [-0.05, 0) is 82.8 Å². The minimum atomic E-state index is -0.952. The van der Waals surface area contributed by atoms with Crippen LogP contribution in [0.25, 0.3) is 0 Å². The number of carbonyl (C=O) groups excluding carboxylic acids is 2. The molecule has 0 radical (unpaired) electrons. The Bertz CT molecular complexity index is 2410. The first-order valence-corrected chi connectivity index (χ1v) is 16.6. The lowest BCUT2D eigenvalue weighted by Crippen LogP contribution is -2.44. The molecule has 6 aromatic carbocycles. The van der Waals surface area contributed by atoms with Gasteiger partial charge in [0.15, 0.2) is 0 Å². The van der Waals surface area contributed by atoms with E-state index in [2.05, 4.69) is 24.3 Å². The highest BCUT2D eigenvalue weighted by molar-refractivity contribution is 5.93. The number of nitro benzene ring substituents is 2. The zero-order valence-electron chi connectivity index (χ0n) is 28.1. The van der Waals surface area contributed by atoms with Gasteiger partial charge in [-0.25, -0.2) is 9.59 Å². The van der Waals surface area contributed by atoms with Gasteiger partial charge in [0.2, 0.25) is 0 Å². The number of carbonyl (C=O) groups is 2. The smallest absolute Gasteiger partial charge is 0.343 e. The lowest BCUT2D eigenvalue weighted by Gasteiger charge is -2.51. The Balaban J connectivity index is 1.35. The highest BCUT2D eigenvalue weighted by Crippen LogP contribution is 2.64. The van der Waals surface area contributed by atoms with E-state index in [0.717, 1.165) is 27.8 Å². The second kappa shape index (κ2) is 12.9. The number of methoxy groups -OCH3 is 1. The Morgan fingerprint density at radius 1 is 0.623 bits per heavy atom. The van der Waals surface area contributed by atoms with Crippen molar-refractivity contribution in [1.29, 1.82) is 0 Å². The van der Waals surface area contributed by atoms with Crippen LogP contribution in [0.5, 0.6) is 17.2 Å². The third-order valence-corrected chi connectivity index (χ3v) is 10.0. The van der Waals surface area contributed by atoms with Crippen molar-refractivity contribution >= 4 is 23.3 Å². The van der Waals surface area contributed by atoms with Crippen molar-refractivity contribution < 1.29 is 33.6 Å². The molecule has 0 unspecified atom stereocenters. The number of nitrogens with zero attached hydrogens (tertiary/aromatic N) is 2. The first kappa shape index (κ1) is 33.0. The van der Waals surface area contributed by atoms with Crippen LogP contribution < -0.4 is 14.2 Å². The van der Waals surface area contributed by atoms with Gasteiger partial charge in [0, 0.05) is 41.3 Å². The van der Waals surface area contributed by atoms with E-state index in [-0.39, 0.29) is 34.0 Å². The molecule has 0 saturated heterocycles. The maximum Gasteiger partial charge on any atom is 0.343 e. The number of rotatable bonds is 9. The van der Waals surface area contributed by atoms with Crippen molar-refractivity contribution in [2.45, 2.75) is 17.8 Å². The molecule has 0 aromatic heterocycles. The molecule has 0 saturated carbocycles. The molecule has 3 aliphatic carbocycles. The quantitative estimate of drug-likeness (QED) is 0.0627. The molecule has 9 rings (SSSR count). The van der Waals surface area contributed by atoms with Gasteiger partial charge in [0.1, 0.15) is 17.2 Å². The van der Waals surface area contributed by atoms with Gasteiger partial charge in [-0.15, -0.1) is 0 Å². The highest BCUT2D eigenvalue weighted by atomic mass is 16.6. The summed E-state index contributed by atoms with van der Waals surface area (Å²) in [7, 11) is 1.60. The first-order valence-electron chi connectivity index (χ1n) is 16.6. The van der Waals surface area contributed by atoms with E-state index in [4.69, 9.17) is 14.2 Å². The van der Waals surface area contributed by atoms with E-state index in [9.17, 15) is 29.8 Å². The van der Waals surface area contributed by atoms with Gasteiger partial charge in [0.25, 0.3) is 11.4 Å². The van der Waals surface area contributed by atoms with Crippen molar-refractivity contribution in [3.8, 4) is 17.2 Å². The fourth-order valence-electron chi connectivity index (χ4n) is 7.73. The van der Waals surface area contributed by atoms with Crippen molar-refractivity contribution in [2.24, 2.45) is 0 Å². The number of hydrogen-bond acceptors (Lipinski definition) is 9. The van der Waals surface area contributed by atoms with Crippen molar-refractivity contribution in [1.82, 2.24) is 0 Å². The predicted octanol–water partition coefficient (Wildman–Crippen LogP) is 8.33. The Hall–Kier alpha value is -7.14. The number of esters is 2. The van der Waals surface area contributed by atoms with Crippen molar-refractivity contribution in [3.05, 3.63) is 204 Å². The minimum Gasteiger partial charge on any atom is -0.497 e. The average molecular weight is 705 g/mol. The molecule has 0 amide bonds. The second-order valence-corrected chi connectivity index (χ2v) is 12.8. The molecule has 3 aliphatic rings. The third kappa shape index (κ3) is 5.46. The summed E-state index contributed by atoms with van der Waals surface area (Å²) in [6.07, 6.45) is 0.423. The molecule has 2 bridgehead atoms. The first-order chi connectivity index (χ1) is 25.7. The minimum absolute atomic E-state index is 0.115. The topological polar surface area (TPSA) is 148 Å². The number of benzene rings is 6. The average Bonchev–Trinajstić information content (AvgIpc) is 3.19. The molecule has 11 heteroatoms. The molecule has 0 atom stereocenters. The molecule has 260 valence electrons. The number of nitro groups is 2. The molecule has 6 aromatic rings. The fourth-order valence-corrected chi connectivity index (χ4v) is 7.73. The summed E-state index contributed by atoms with van der Waals surface area (Å²) in [5.74, 6) is -0.691. The maximum atomic E-state index is 13.8. The summed E-state index contributed by atoms with van der Waals surface area (Å²) in [6, 6.07) is 37.4. The van der Waals surface area contributed by atoms with Gasteiger partial charge in [-0.3, -0.25) is 20.2 Å². The highest BCUT2D eigenvalue weighted by Gasteiger charge is 2.54. The number of hydrogen-bond donors (Lipinski definition) is 0. The summed E-state index contributed by atoms with van der Waals surface area (Å²) in [6.45, 7) is 0. The van der Waals surface area contributed by atoms with Crippen LogP contribution in [0.15, 0.2) is 133 Å². The van der Waals surface area contributed by atoms with E-state index in [0.29, 0.717) is 23.3 Å². The maximum absolute atomic E-state index is 13.8. The van der Waals surface area contributed by atoms with Crippen LogP contribution in [0.2, 0.25) is 0 Å². The molecule has 0 spiro atoms. The van der Waals surface area contributed by atoms with Crippen LogP contribution >= 0.6 is 0 Å². The summed E-state index contributed by atoms with van der Waals surface area (Å²) in [5, 5.41) is 22.6. The zero-order chi connectivity index (χ0) is 36.9. The molecule has 0 aliphatic heterocycles. The predicted molar refractivity (Wildman–Crippen MR) is 193 cm³/mol. The Kier molecular flexibility index (Phi) is 8.03. The van der Waals surface area contributed by atoms with Gasteiger partial charge in [0.05, 0.1) is 33.5 Å². The largest absolute Gasteiger partial charge is 0.497 e. The van der Waals surface area contributed by atoms with E-state index < -0.39 is 33.1 Å². The van der Waals surface area contributed by atoms with Crippen LogP contribution in [0, 0.1) is 20.2 Å². The van der Waals surface area contributed by atoms with Crippen LogP contribution in [-0.2, 0) is 11.8 Å². The zero-order valence-corrected chi connectivity index (χ0v) is 28.1. The standard InChI is InChI=1S/C42H28N2O9/c1-51-30-20-10-25(11-21-30)24-42-33-8-4-2-6-31(33)37(32-7-3-5-9-34(32)42)38-35(52-40(45)26-12-16-28(17-13-26)43(47)48)22-23-36(39(38)42)53-41(46)27-14-18-29(19-15-27)44(49)50/h2-23,37H,24H2,1H3. The van der Waals surface area contributed by atoms with Crippen LogP contribution in [-0.4, -0.2) is 28.9 Å². The third-order valence-electron chi connectivity index (χ3n) is 10.0. The molecule has 53 heavy (non-hydrogen) atoms. The van der Waals surface area contributed by atoms with E-state index in [1.807, 2.05) is 48.5 Å². The van der Waals surface area contributed by atoms with Crippen molar-refractivity contribution in [3.63, 3.8) is 0 Å². The Morgan fingerprint density at radius 2 is 1.09 bits per heavy atom. The van der Waals surface area contributed by atoms with Crippen LogP contribution in [0.1, 0.15) is 65.6 Å². The van der Waals surface area contributed by atoms with Crippen molar-refractivity contribution in [2.75, 3.05) is 7.11 Å². The molecule has 11 nitrogen and oxygen atoms in total. The fraction of sp³-hybridized carbons (Fsp3) is 0.0952. The lowest BCUT2D eigenvalue weighted by molar-refractivity contribution is -0.385. The summed E-state index contributed by atoms with van der Waals surface area (Å²) in [4.78, 5) is 49.0. The van der Waals surface area contributed by atoms with Crippen LogP contribution in [0.3, 0.4) is 0 Å². The molecular weight excluding hydrogens is 676 g/mol. The van der Waals surface area contributed by atoms with Gasteiger partial charge >= 0.3 is 11.9 Å². The molecule has 0 fully saturated rings. The second-order valence-electron chi connectivity index (χ2n) is 12.8. The number of ether oxygens (including phenoxy) is 3. The number of non-ortho nitro benzene ring substituents is 2.